The number of phenolic OH excluding ortho intramolecular Hbond substituents is 1. The molecule has 2 aliphatic rings. The number of carbonyl (C=O) groups excluding carboxylic acids is 4. The molecule has 234 valence electrons. The van der Waals surface area contributed by atoms with Gasteiger partial charge >= 0.3 is 0 Å². The third kappa shape index (κ3) is 10.9. The minimum atomic E-state index is -0.465. The van der Waals surface area contributed by atoms with Crippen LogP contribution in [0.4, 0.5) is 0 Å². The van der Waals surface area contributed by atoms with E-state index in [4.69, 9.17) is 17.2 Å². The Morgan fingerprint density at radius 3 is 2.05 bits per heavy atom. The summed E-state index contributed by atoms with van der Waals surface area (Å²) in [7, 11) is 0. The van der Waals surface area contributed by atoms with Gasteiger partial charge in [-0.2, -0.15) is 0 Å². The Morgan fingerprint density at radius 1 is 0.833 bits per heavy atom. The fraction of sp³-hybridized carbons (Fsp3) is 0.677. The molecule has 11 nitrogen and oxygen atoms in total. The normalized spacial score (nSPS) is 23.8. The maximum Gasteiger partial charge on any atom is 0.225 e. The molecule has 0 spiro atoms. The first kappa shape index (κ1) is 33.3. The summed E-state index contributed by atoms with van der Waals surface area (Å²) >= 11 is 0. The summed E-state index contributed by atoms with van der Waals surface area (Å²) in [6.45, 7) is 0.545. The Bertz CT molecular complexity index is 1040. The second-order valence-electron chi connectivity index (χ2n) is 12.1. The summed E-state index contributed by atoms with van der Waals surface area (Å²) in [4.78, 5) is 51.3. The highest BCUT2D eigenvalue weighted by Gasteiger charge is 2.37. The molecule has 0 heterocycles. The third-order valence-corrected chi connectivity index (χ3v) is 8.56. The summed E-state index contributed by atoms with van der Waals surface area (Å²) in [5.41, 5.74) is 18.2. The molecule has 1 aromatic carbocycles. The van der Waals surface area contributed by atoms with Gasteiger partial charge in [0.1, 0.15) is 5.75 Å². The Morgan fingerprint density at radius 2 is 1.43 bits per heavy atom. The van der Waals surface area contributed by atoms with Gasteiger partial charge in [-0.05, 0) is 69.2 Å². The van der Waals surface area contributed by atoms with E-state index in [9.17, 15) is 24.3 Å². The number of nitrogens with two attached hydrogens (primary N) is 3. The van der Waals surface area contributed by atoms with Crippen molar-refractivity contribution in [1.82, 2.24) is 16.0 Å². The van der Waals surface area contributed by atoms with Gasteiger partial charge in [-0.25, -0.2) is 0 Å². The van der Waals surface area contributed by atoms with Crippen molar-refractivity contribution in [2.75, 3.05) is 6.54 Å². The molecule has 2 saturated carbocycles. The van der Waals surface area contributed by atoms with Gasteiger partial charge in [-0.3, -0.25) is 19.2 Å². The molecule has 0 aliphatic heterocycles. The van der Waals surface area contributed by atoms with Crippen LogP contribution in [0.1, 0.15) is 89.0 Å². The first-order chi connectivity index (χ1) is 20.2. The lowest BCUT2D eigenvalue weighted by Crippen LogP contribution is -2.55. The molecule has 2 aliphatic carbocycles. The standard InChI is InChI=1S/C31H50N6O5/c32-16-6-5-7-22(19-28(34)39)35-30(41)25-9-2-4-11-27(25)37-31(42)24-8-1-3-10-26(24)36-29(40)18-21(33)17-20-12-14-23(38)15-13-20/h12-15,21-22,24-27,38H,1-11,16-19,32-33H2,(H2,34,39)(H,35,41)(H,36,40)(H,37,42)/t21-,22-,24-,25-,26-,27-/m0/s1. The molecule has 2 fully saturated rings. The minimum absolute atomic E-state index is 0.0715. The quantitative estimate of drug-likeness (QED) is 0.151. The lowest BCUT2D eigenvalue weighted by Gasteiger charge is -2.36. The van der Waals surface area contributed by atoms with E-state index in [0.717, 1.165) is 44.1 Å². The van der Waals surface area contributed by atoms with Crippen LogP contribution in [0.25, 0.3) is 0 Å². The Balaban J connectivity index is 1.56. The zero-order chi connectivity index (χ0) is 30.5. The highest BCUT2D eigenvalue weighted by molar-refractivity contribution is 5.85. The van der Waals surface area contributed by atoms with Gasteiger partial charge in [-0.15, -0.1) is 0 Å². The van der Waals surface area contributed by atoms with Crippen molar-refractivity contribution in [3.63, 3.8) is 0 Å². The van der Waals surface area contributed by atoms with E-state index in [2.05, 4.69) is 16.0 Å². The predicted octanol–water partition coefficient (Wildman–Crippen LogP) is 1.49. The molecule has 4 amide bonds. The van der Waals surface area contributed by atoms with E-state index in [-0.39, 0.29) is 72.3 Å². The van der Waals surface area contributed by atoms with E-state index in [0.29, 0.717) is 45.1 Å². The van der Waals surface area contributed by atoms with Crippen molar-refractivity contribution in [1.29, 1.82) is 0 Å². The molecule has 0 aromatic heterocycles. The minimum Gasteiger partial charge on any atom is -0.508 e. The monoisotopic (exact) mass is 586 g/mol. The lowest BCUT2D eigenvalue weighted by atomic mass is 9.81. The van der Waals surface area contributed by atoms with Crippen molar-refractivity contribution in [3.8, 4) is 5.75 Å². The third-order valence-electron chi connectivity index (χ3n) is 8.56. The first-order valence-corrected chi connectivity index (χ1v) is 15.6. The number of unbranched alkanes of at least 4 members (excludes halogenated alkanes) is 1. The van der Waals surface area contributed by atoms with E-state index < -0.39 is 5.91 Å². The molecule has 3 rings (SSSR count). The van der Waals surface area contributed by atoms with Crippen molar-refractivity contribution in [2.24, 2.45) is 29.0 Å². The van der Waals surface area contributed by atoms with Crippen LogP contribution in [-0.2, 0) is 25.6 Å². The molecular formula is C31H50N6O5. The van der Waals surface area contributed by atoms with Gasteiger partial charge in [0.05, 0.1) is 11.8 Å². The molecular weight excluding hydrogens is 536 g/mol. The maximum absolute atomic E-state index is 13.5. The van der Waals surface area contributed by atoms with Gasteiger partial charge in [0.2, 0.25) is 23.6 Å². The number of hydrogen-bond donors (Lipinski definition) is 7. The average molecular weight is 587 g/mol. The average Bonchev–Trinajstić information content (AvgIpc) is 2.94. The van der Waals surface area contributed by atoms with Crippen molar-refractivity contribution in [2.45, 2.75) is 114 Å². The van der Waals surface area contributed by atoms with Crippen molar-refractivity contribution >= 4 is 23.6 Å². The van der Waals surface area contributed by atoms with Crippen LogP contribution in [0, 0.1) is 11.8 Å². The van der Waals surface area contributed by atoms with E-state index in [1.54, 1.807) is 24.3 Å². The molecule has 42 heavy (non-hydrogen) atoms. The molecule has 0 unspecified atom stereocenters. The molecule has 1 aromatic rings. The number of aromatic hydroxyl groups is 1. The van der Waals surface area contributed by atoms with E-state index >= 15 is 0 Å². The van der Waals surface area contributed by atoms with Gasteiger partial charge < -0.3 is 38.3 Å². The van der Waals surface area contributed by atoms with Gasteiger partial charge in [-0.1, -0.05) is 44.2 Å². The highest BCUT2D eigenvalue weighted by Crippen LogP contribution is 2.29. The summed E-state index contributed by atoms with van der Waals surface area (Å²) in [6.07, 6.45) is 9.29. The SMILES string of the molecule is NCCCC[C@@H](CC(N)=O)NC(=O)[C@H]1CCCC[C@@H]1NC(=O)[C@H]1CCCC[C@@H]1NC(=O)C[C@@H](N)Cc1ccc(O)cc1. The van der Waals surface area contributed by atoms with Gasteiger partial charge in [0.25, 0.3) is 0 Å². The number of primary amides is 1. The molecule has 10 N–H and O–H groups in total. The lowest BCUT2D eigenvalue weighted by molar-refractivity contribution is -0.131. The largest absolute Gasteiger partial charge is 0.508 e. The Labute approximate surface area is 249 Å². The Kier molecular flexibility index (Phi) is 13.5. The number of benzene rings is 1. The van der Waals surface area contributed by atoms with E-state index in [1.165, 1.54) is 0 Å². The zero-order valence-electron chi connectivity index (χ0n) is 24.7. The van der Waals surface area contributed by atoms with E-state index in [1.807, 2.05) is 0 Å². The zero-order valence-corrected chi connectivity index (χ0v) is 24.7. The molecule has 6 atom stereocenters. The topological polar surface area (TPSA) is 203 Å². The summed E-state index contributed by atoms with van der Waals surface area (Å²) in [5.74, 6) is -1.52. The number of amides is 4. The van der Waals surface area contributed by atoms with Crippen LogP contribution in [0.15, 0.2) is 24.3 Å². The number of phenols is 1. The predicted molar refractivity (Wildman–Crippen MR) is 161 cm³/mol. The van der Waals surface area contributed by atoms with Gasteiger partial charge in [0.15, 0.2) is 0 Å². The number of hydrogen-bond acceptors (Lipinski definition) is 7. The van der Waals surface area contributed by atoms with Crippen molar-refractivity contribution < 1.29 is 24.3 Å². The van der Waals surface area contributed by atoms with Crippen LogP contribution < -0.4 is 33.2 Å². The maximum atomic E-state index is 13.5. The summed E-state index contributed by atoms with van der Waals surface area (Å²) in [6, 6.07) is 5.43. The number of carbonyl (C=O) groups is 4. The first-order valence-electron chi connectivity index (χ1n) is 15.6. The number of rotatable bonds is 15. The van der Waals surface area contributed by atoms with Crippen molar-refractivity contribution in [3.05, 3.63) is 29.8 Å². The second kappa shape index (κ2) is 17.1. The van der Waals surface area contributed by atoms with Gasteiger partial charge in [0, 0.05) is 37.0 Å². The van der Waals surface area contributed by atoms with Crippen LogP contribution in [0.2, 0.25) is 0 Å². The number of nitrogens with one attached hydrogen (secondary N) is 3. The summed E-state index contributed by atoms with van der Waals surface area (Å²) < 4.78 is 0. The molecule has 0 bridgehead atoms. The molecule has 0 saturated heterocycles. The van der Waals surface area contributed by atoms with Crippen LogP contribution in [-0.4, -0.2) is 59.4 Å². The summed E-state index contributed by atoms with van der Waals surface area (Å²) in [5, 5.41) is 18.7. The fourth-order valence-electron chi connectivity index (χ4n) is 6.35. The Hall–Kier alpha value is -3.18. The van der Waals surface area contributed by atoms with Crippen LogP contribution in [0.3, 0.4) is 0 Å². The smallest absolute Gasteiger partial charge is 0.225 e. The van der Waals surface area contributed by atoms with Crippen LogP contribution in [0.5, 0.6) is 5.75 Å². The fourth-order valence-corrected chi connectivity index (χ4v) is 6.35. The van der Waals surface area contributed by atoms with Crippen LogP contribution >= 0.6 is 0 Å². The second-order valence-corrected chi connectivity index (χ2v) is 12.1. The highest BCUT2D eigenvalue weighted by atomic mass is 16.3. The molecule has 11 heteroatoms. The molecule has 0 radical (unpaired) electrons.